The maximum Gasteiger partial charge on any atom is 0.164 e. The minimum atomic E-state index is -1.40. The third-order valence-corrected chi connectivity index (χ3v) is 2.02. The molecule has 0 aliphatic carbocycles. The van der Waals surface area contributed by atoms with Crippen LogP contribution in [0, 0.1) is 0 Å². The van der Waals surface area contributed by atoms with Gasteiger partial charge in [0.15, 0.2) is 12.0 Å². The van der Waals surface area contributed by atoms with Crippen LogP contribution in [0.25, 0.3) is 0 Å². The molecule has 0 amide bonds. The van der Waals surface area contributed by atoms with Crippen LogP contribution in [0.2, 0.25) is 5.02 Å². The van der Waals surface area contributed by atoms with E-state index in [0.29, 0.717) is 5.02 Å². The molecule has 1 atom stereocenters. The first-order valence-electron chi connectivity index (χ1n) is 3.98. The monoisotopic (exact) mass is 200 g/mol. The Balaban J connectivity index is 2.64. The summed E-state index contributed by atoms with van der Waals surface area (Å²) in [4.78, 5) is 10.6. The molecule has 0 N–H and O–H groups in total. The molecule has 1 nitrogen and oxygen atoms in total. The van der Waals surface area contributed by atoms with E-state index in [2.05, 4.69) is 0 Å². The summed E-state index contributed by atoms with van der Waals surface area (Å²) in [6.07, 6.45) is -1.27. The summed E-state index contributed by atoms with van der Waals surface area (Å²) in [5, 5.41) is 0.613. The number of hydrogen-bond donors (Lipinski definition) is 0. The number of hydrogen-bond acceptors (Lipinski definition) is 1. The highest BCUT2D eigenvalue weighted by molar-refractivity contribution is 6.30. The first-order valence-corrected chi connectivity index (χ1v) is 4.36. The van der Waals surface area contributed by atoms with E-state index in [0.717, 1.165) is 5.56 Å². The molecule has 1 unspecified atom stereocenters. The van der Waals surface area contributed by atoms with Crippen LogP contribution in [0.5, 0.6) is 0 Å². The van der Waals surface area contributed by atoms with Crippen molar-refractivity contribution in [2.75, 3.05) is 0 Å². The fourth-order valence-electron chi connectivity index (χ4n) is 0.971. The summed E-state index contributed by atoms with van der Waals surface area (Å²) >= 11 is 5.65. The summed E-state index contributed by atoms with van der Waals surface area (Å²) in [5.74, 6) is -0.435. The second-order valence-corrected chi connectivity index (χ2v) is 3.35. The van der Waals surface area contributed by atoms with Crippen molar-refractivity contribution < 1.29 is 9.18 Å². The Morgan fingerprint density at radius 3 is 2.46 bits per heavy atom. The molecular formula is C10H10ClFO. The number of ketones is 1. The van der Waals surface area contributed by atoms with Gasteiger partial charge in [0, 0.05) is 11.4 Å². The Morgan fingerprint density at radius 2 is 2.00 bits per heavy atom. The van der Waals surface area contributed by atoms with Crippen LogP contribution in [-0.2, 0) is 11.2 Å². The summed E-state index contributed by atoms with van der Waals surface area (Å²) in [5.41, 5.74) is 0.784. The third-order valence-electron chi connectivity index (χ3n) is 1.77. The molecule has 0 aliphatic rings. The Kier molecular flexibility index (Phi) is 3.43. The van der Waals surface area contributed by atoms with E-state index in [1.165, 1.54) is 6.92 Å². The van der Waals surface area contributed by atoms with E-state index in [4.69, 9.17) is 11.6 Å². The molecule has 0 radical (unpaired) electrons. The van der Waals surface area contributed by atoms with Crippen LogP contribution in [0.4, 0.5) is 4.39 Å². The first-order chi connectivity index (χ1) is 6.09. The van der Waals surface area contributed by atoms with Crippen molar-refractivity contribution in [3.63, 3.8) is 0 Å². The highest BCUT2D eigenvalue weighted by atomic mass is 35.5. The zero-order valence-corrected chi connectivity index (χ0v) is 8.01. The average Bonchev–Trinajstić information content (AvgIpc) is 2.08. The molecular weight excluding hydrogens is 191 g/mol. The van der Waals surface area contributed by atoms with Crippen LogP contribution in [0.15, 0.2) is 24.3 Å². The van der Waals surface area contributed by atoms with Crippen molar-refractivity contribution in [3.05, 3.63) is 34.9 Å². The van der Waals surface area contributed by atoms with Crippen LogP contribution in [-0.4, -0.2) is 12.0 Å². The molecule has 1 rings (SSSR count). The molecule has 0 saturated heterocycles. The van der Waals surface area contributed by atoms with E-state index in [1.54, 1.807) is 24.3 Å². The lowest BCUT2D eigenvalue weighted by molar-refractivity contribution is -0.121. The van der Waals surface area contributed by atoms with Gasteiger partial charge in [0.1, 0.15) is 0 Å². The van der Waals surface area contributed by atoms with Crippen LogP contribution in [0.1, 0.15) is 12.5 Å². The quantitative estimate of drug-likeness (QED) is 0.734. The SMILES string of the molecule is CC(=O)C(F)Cc1ccc(Cl)cc1. The van der Waals surface area contributed by atoms with E-state index >= 15 is 0 Å². The van der Waals surface area contributed by atoms with Crippen LogP contribution >= 0.6 is 11.6 Å². The first kappa shape index (κ1) is 10.2. The number of carbonyl (C=O) groups is 1. The predicted molar refractivity (Wildman–Crippen MR) is 50.7 cm³/mol. The number of alkyl halides is 1. The Morgan fingerprint density at radius 1 is 1.46 bits per heavy atom. The van der Waals surface area contributed by atoms with Gasteiger partial charge in [-0.15, -0.1) is 0 Å². The molecule has 0 heterocycles. The van der Waals surface area contributed by atoms with Crippen molar-refractivity contribution >= 4 is 17.4 Å². The van der Waals surface area contributed by atoms with Gasteiger partial charge in [0.2, 0.25) is 0 Å². The molecule has 3 heteroatoms. The predicted octanol–water partition coefficient (Wildman–Crippen LogP) is 2.81. The average molecular weight is 201 g/mol. The Hall–Kier alpha value is -0.890. The summed E-state index contributed by atoms with van der Waals surface area (Å²) in [7, 11) is 0. The molecule has 13 heavy (non-hydrogen) atoms. The number of carbonyl (C=O) groups excluding carboxylic acids is 1. The minimum absolute atomic E-state index is 0.131. The fraction of sp³-hybridized carbons (Fsp3) is 0.300. The second-order valence-electron chi connectivity index (χ2n) is 2.91. The summed E-state index contributed by atoms with van der Waals surface area (Å²) in [6.45, 7) is 1.25. The summed E-state index contributed by atoms with van der Waals surface area (Å²) in [6, 6.07) is 6.81. The normalized spacial score (nSPS) is 12.5. The molecule has 0 fully saturated rings. The molecule has 0 aliphatic heterocycles. The fourth-order valence-corrected chi connectivity index (χ4v) is 1.10. The van der Waals surface area contributed by atoms with Gasteiger partial charge in [0.25, 0.3) is 0 Å². The van der Waals surface area contributed by atoms with Crippen LogP contribution < -0.4 is 0 Å². The lowest BCUT2D eigenvalue weighted by Crippen LogP contribution is -2.14. The van der Waals surface area contributed by atoms with Gasteiger partial charge in [-0.25, -0.2) is 4.39 Å². The zero-order valence-electron chi connectivity index (χ0n) is 7.26. The van der Waals surface area contributed by atoms with Gasteiger partial charge >= 0.3 is 0 Å². The van der Waals surface area contributed by atoms with Crippen molar-refractivity contribution in [2.24, 2.45) is 0 Å². The molecule has 1 aromatic rings. The van der Waals surface area contributed by atoms with Gasteiger partial charge in [0.05, 0.1) is 0 Å². The van der Waals surface area contributed by atoms with E-state index < -0.39 is 12.0 Å². The Bertz CT molecular complexity index is 294. The van der Waals surface area contributed by atoms with E-state index in [1.807, 2.05) is 0 Å². The maximum atomic E-state index is 12.9. The zero-order chi connectivity index (χ0) is 9.84. The lowest BCUT2D eigenvalue weighted by Gasteiger charge is -2.03. The van der Waals surface area contributed by atoms with Gasteiger partial charge in [-0.3, -0.25) is 4.79 Å². The molecule has 0 saturated carbocycles. The maximum absolute atomic E-state index is 12.9. The topological polar surface area (TPSA) is 17.1 Å². The van der Waals surface area contributed by atoms with Crippen molar-refractivity contribution in [1.82, 2.24) is 0 Å². The smallest absolute Gasteiger partial charge is 0.164 e. The molecule has 0 aromatic heterocycles. The largest absolute Gasteiger partial charge is 0.297 e. The van der Waals surface area contributed by atoms with Crippen molar-refractivity contribution in [1.29, 1.82) is 0 Å². The number of halogens is 2. The second kappa shape index (κ2) is 4.38. The molecule has 70 valence electrons. The number of benzene rings is 1. The molecule has 1 aromatic carbocycles. The van der Waals surface area contributed by atoms with Gasteiger partial charge in [-0.05, 0) is 24.6 Å². The van der Waals surface area contributed by atoms with Gasteiger partial charge < -0.3 is 0 Å². The van der Waals surface area contributed by atoms with Gasteiger partial charge in [-0.2, -0.15) is 0 Å². The summed E-state index contributed by atoms with van der Waals surface area (Å²) < 4.78 is 12.9. The van der Waals surface area contributed by atoms with Crippen molar-refractivity contribution in [2.45, 2.75) is 19.5 Å². The standard InChI is InChI=1S/C10H10ClFO/c1-7(13)10(12)6-8-2-4-9(11)5-3-8/h2-5,10H,6H2,1H3. The van der Waals surface area contributed by atoms with Crippen LogP contribution in [0.3, 0.4) is 0 Å². The number of rotatable bonds is 3. The molecule has 0 spiro atoms. The highest BCUT2D eigenvalue weighted by Gasteiger charge is 2.12. The van der Waals surface area contributed by atoms with Crippen molar-refractivity contribution in [3.8, 4) is 0 Å². The molecule has 0 bridgehead atoms. The number of Topliss-reactive ketones (excluding diaryl/α,β-unsaturated/α-hetero) is 1. The third kappa shape index (κ3) is 3.15. The minimum Gasteiger partial charge on any atom is -0.297 e. The van der Waals surface area contributed by atoms with E-state index in [-0.39, 0.29) is 6.42 Å². The Labute approximate surface area is 81.5 Å². The highest BCUT2D eigenvalue weighted by Crippen LogP contribution is 2.12. The lowest BCUT2D eigenvalue weighted by atomic mass is 10.1. The van der Waals surface area contributed by atoms with E-state index in [9.17, 15) is 9.18 Å². The van der Waals surface area contributed by atoms with Gasteiger partial charge in [-0.1, -0.05) is 23.7 Å².